The molecule has 8 nitrogen and oxygen atoms in total. The van der Waals surface area contributed by atoms with Crippen LogP contribution in [0.2, 0.25) is 0 Å². The molecule has 1 aromatic heterocycles. The van der Waals surface area contributed by atoms with Crippen LogP contribution in [0, 0.1) is 18.3 Å². The number of nitriles is 1. The molecule has 0 bridgehead atoms. The van der Waals surface area contributed by atoms with Crippen LogP contribution in [-0.2, 0) is 22.5 Å². The molecule has 4 rings (SSSR count). The Bertz CT molecular complexity index is 1310. The van der Waals surface area contributed by atoms with E-state index in [2.05, 4.69) is 11.0 Å². The molecule has 2 fully saturated rings. The lowest BCUT2D eigenvalue weighted by atomic mass is 10.0. The molecule has 0 unspecified atom stereocenters. The van der Waals surface area contributed by atoms with Crippen LogP contribution in [0.25, 0.3) is 6.08 Å². The summed E-state index contributed by atoms with van der Waals surface area (Å²) in [7, 11) is 1.62. The summed E-state index contributed by atoms with van der Waals surface area (Å²) in [5, 5.41) is 9.73. The molecule has 2 saturated heterocycles. The van der Waals surface area contributed by atoms with E-state index in [4.69, 9.17) is 21.7 Å². The second kappa shape index (κ2) is 11.3. The van der Waals surface area contributed by atoms with E-state index >= 15 is 0 Å². The topological polar surface area (TPSA) is 87.8 Å². The van der Waals surface area contributed by atoms with Gasteiger partial charge in [-0.3, -0.25) is 19.1 Å². The van der Waals surface area contributed by atoms with Crippen LogP contribution in [0.5, 0.6) is 5.75 Å². The average Bonchev–Trinajstić information content (AvgIpc) is 3.17. The zero-order chi connectivity index (χ0) is 25.8. The molecule has 1 aromatic carbocycles. The first-order valence-electron chi connectivity index (χ1n) is 11.8. The van der Waals surface area contributed by atoms with Gasteiger partial charge < -0.3 is 14.4 Å². The Morgan fingerprint density at radius 2 is 1.92 bits per heavy atom. The SMILES string of the molecule is CCn1c(N2CCOCC2)c(/C=C2\SC(=S)N(CCc3ccc(OC)cc3)C2=O)c(C)c(C#N)c1=O. The number of carbonyl (C=O) groups excluding carboxylic acids is 1. The quantitative estimate of drug-likeness (QED) is 0.403. The van der Waals surface area contributed by atoms with Crippen molar-refractivity contribution < 1.29 is 14.3 Å². The maximum Gasteiger partial charge on any atom is 0.270 e. The summed E-state index contributed by atoms with van der Waals surface area (Å²) >= 11 is 6.80. The highest BCUT2D eigenvalue weighted by Gasteiger charge is 2.33. The average molecular weight is 525 g/mol. The maximum atomic E-state index is 13.4. The van der Waals surface area contributed by atoms with Crippen LogP contribution in [0.3, 0.4) is 0 Å². The van der Waals surface area contributed by atoms with Gasteiger partial charge in [-0.15, -0.1) is 0 Å². The van der Waals surface area contributed by atoms with E-state index in [9.17, 15) is 14.9 Å². The van der Waals surface area contributed by atoms with Gasteiger partial charge in [0.05, 0.1) is 25.2 Å². The second-order valence-electron chi connectivity index (χ2n) is 8.43. The number of thiocarbonyl (C=S) groups is 1. The minimum absolute atomic E-state index is 0.0927. The van der Waals surface area contributed by atoms with Gasteiger partial charge in [0.1, 0.15) is 27.5 Å². The molecule has 0 N–H and O–H groups in total. The van der Waals surface area contributed by atoms with Gasteiger partial charge in [-0.05, 0) is 49.6 Å². The zero-order valence-electron chi connectivity index (χ0n) is 20.6. The fourth-order valence-electron chi connectivity index (χ4n) is 4.41. The van der Waals surface area contributed by atoms with E-state index in [1.165, 1.54) is 11.8 Å². The first kappa shape index (κ1) is 25.9. The summed E-state index contributed by atoms with van der Waals surface area (Å²) in [4.78, 5) is 30.7. The number of methoxy groups -OCH3 is 1. The van der Waals surface area contributed by atoms with Gasteiger partial charge in [-0.2, -0.15) is 5.26 Å². The normalized spacial score (nSPS) is 17.1. The smallest absolute Gasteiger partial charge is 0.270 e. The predicted octanol–water partition coefficient (Wildman–Crippen LogP) is 3.34. The molecule has 0 radical (unpaired) electrons. The number of rotatable bonds is 7. The van der Waals surface area contributed by atoms with Crippen molar-refractivity contribution in [3.05, 3.63) is 61.8 Å². The van der Waals surface area contributed by atoms with Gasteiger partial charge in [-0.1, -0.05) is 36.1 Å². The van der Waals surface area contributed by atoms with Crippen LogP contribution >= 0.6 is 24.0 Å². The monoisotopic (exact) mass is 524 g/mol. The van der Waals surface area contributed by atoms with E-state index in [-0.39, 0.29) is 17.0 Å². The van der Waals surface area contributed by atoms with Crippen molar-refractivity contribution in [2.24, 2.45) is 0 Å². The van der Waals surface area contributed by atoms with Crippen molar-refractivity contribution in [3.8, 4) is 11.8 Å². The molecule has 1 amide bonds. The van der Waals surface area contributed by atoms with Gasteiger partial charge in [0, 0.05) is 31.7 Å². The van der Waals surface area contributed by atoms with Gasteiger partial charge in [0.15, 0.2) is 0 Å². The molecule has 2 aliphatic heterocycles. The van der Waals surface area contributed by atoms with Crippen LogP contribution in [0.15, 0.2) is 34.0 Å². The third-order valence-corrected chi connectivity index (χ3v) is 7.78. The van der Waals surface area contributed by atoms with Gasteiger partial charge >= 0.3 is 0 Å². The van der Waals surface area contributed by atoms with Gasteiger partial charge in [0.2, 0.25) is 0 Å². The summed E-state index contributed by atoms with van der Waals surface area (Å²) in [5.41, 5.74) is 2.12. The number of anilines is 1. The molecule has 3 heterocycles. The number of carbonyl (C=O) groups is 1. The van der Waals surface area contributed by atoms with E-state index in [0.29, 0.717) is 72.0 Å². The minimum Gasteiger partial charge on any atom is -0.497 e. The number of amides is 1. The van der Waals surface area contributed by atoms with Crippen molar-refractivity contribution in [1.29, 1.82) is 5.26 Å². The standard InChI is InChI=1S/C26H28N4O4S2/c1-4-29-23(28-11-13-34-14-12-28)20(17(2)21(16-27)24(29)31)15-22-25(32)30(26(35)36-22)10-9-18-5-7-19(33-3)8-6-18/h5-8,15H,4,9-14H2,1-3H3/b22-15-. The Balaban J connectivity index is 1.69. The molecule has 0 saturated carbocycles. The lowest BCUT2D eigenvalue weighted by molar-refractivity contribution is -0.122. The summed E-state index contributed by atoms with van der Waals surface area (Å²) in [6.45, 7) is 6.84. The minimum atomic E-state index is -0.316. The molecule has 2 aromatic rings. The summed E-state index contributed by atoms with van der Waals surface area (Å²) < 4.78 is 12.8. The van der Waals surface area contributed by atoms with Gasteiger partial charge in [0.25, 0.3) is 11.5 Å². The highest BCUT2D eigenvalue weighted by molar-refractivity contribution is 8.26. The fourth-order valence-corrected chi connectivity index (χ4v) is 5.70. The molecule has 0 atom stereocenters. The molecule has 0 aliphatic carbocycles. The Hall–Kier alpha value is -3.13. The first-order chi connectivity index (χ1) is 17.4. The summed E-state index contributed by atoms with van der Waals surface area (Å²) in [6, 6.07) is 9.80. The van der Waals surface area contributed by atoms with Crippen molar-refractivity contribution in [2.75, 3.05) is 44.9 Å². The Morgan fingerprint density at radius 1 is 1.22 bits per heavy atom. The van der Waals surface area contributed by atoms with Crippen molar-refractivity contribution in [2.45, 2.75) is 26.8 Å². The Labute approximate surface area is 220 Å². The first-order valence-corrected chi connectivity index (χ1v) is 13.0. The van der Waals surface area contributed by atoms with Crippen molar-refractivity contribution >= 4 is 46.1 Å². The Morgan fingerprint density at radius 3 is 2.53 bits per heavy atom. The van der Waals surface area contributed by atoms with Gasteiger partial charge in [-0.25, -0.2) is 0 Å². The Kier molecular flexibility index (Phi) is 8.14. The lowest BCUT2D eigenvalue weighted by Gasteiger charge is -2.33. The second-order valence-corrected chi connectivity index (χ2v) is 10.1. The summed E-state index contributed by atoms with van der Waals surface area (Å²) in [5.74, 6) is 1.33. The van der Waals surface area contributed by atoms with E-state index in [1.807, 2.05) is 31.2 Å². The molecule has 0 spiro atoms. The number of hydrogen-bond donors (Lipinski definition) is 0. The fraction of sp³-hybridized carbons (Fsp3) is 0.385. The third-order valence-electron chi connectivity index (χ3n) is 6.41. The molecule has 188 valence electrons. The zero-order valence-corrected chi connectivity index (χ0v) is 22.2. The molecule has 10 heteroatoms. The third kappa shape index (κ3) is 5.05. The van der Waals surface area contributed by atoms with E-state index < -0.39 is 0 Å². The molecular formula is C26H28N4O4S2. The number of ether oxygens (including phenoxy) is 2. The number of nitrogens with zero attached hydrogens (tertiary/aromatic N) is 4. The number of benzene rings is 1. The lowest BCUT2D eigenvalue weighted by Crippen LogP contribution is -2.41. The van der Waals surface area contributed by atoms with Crippen LogP contribution in [-0.4, -0.2) is 59.7 Å². The highest BCUT2D eigenvalue weighted by Crippen LogP contribution is 2.36. The van der Waals surface area contributed by atoms with Crippen LogP contribution in [0.4, 0.5) is 5.82 Å². The summed E-state index contributed by atoms with van der Waals surface area (Å²) in [6.07, 6.45) is 2.44. The molecule has 2 aliphatic rings. The maximum absolute atomic E-state index is 13.4. The molecule has 36 heavy (non-hydrogen) atoms. The molecular weight excluding hydrogens is 496 g/mol. The number of morpholine rings is 1. The van der Waals surface area contributed by atoms with Crippen LogP contribution < -0.4 is 15.2 Å². The van der Waals surface area contributed by atoms with E-state index in [0.717, 1.165) is 11.3 Å². The number of thioether (sulfide) groups is 1. The van der Waals surface area contributed by atoms with Crippen molar-refractivity contribution in [3.63, 3.8) is 0 Å². The number of hydrogen-bond acceptors (Lipinski definition) is 8. The predicted molar refractivity (Wildman–Crippen MR) is 145 cm³/mol. The highest BCUT2D eigenvalue weighted by atomic mass is 32.2. The number of pyridine rings is 1. The van der Waals surface area contributed by atoms with Crippen LogP contribution in [0.1, 0.15) is 29.2 Å². The largest absolute Gasteiger partial charge is 0.497 e. The van der Waals surface area contributed by atoms with Crippen molar-refractivity contribution in [1.82, 2.24) is 9.47 Å². The van der Waals surface area contributed by atoms with E-state index in [1.54, 1.807) is 29.6 Å². The number of aromatic nitrogens is 1.